The normalized spacial score (nSPS) is 17.7. The first kappa shape index (κ1) is 16.5. The minimum atomic E-state index is -0.444. The van der Waals surface area contributed by atoms with Gasteiger partial charge in [-0.3, -0.25) is 19.8 Å². The van der Waals surface area contributed by atoms with Crippen LogP contribution in [0, 0.1) is 17.0 Å². The Morgan fingerprint density at radius 3 is 2.96 bits per heavy atom. The van der Waals surface area contributed by atoms with Gasteiger partial charge in [-0.05, 0) is 26.5 Å². The number of benzene rings is 1. The van der Waals surface area contributed by atoms with E-state index in [1.54, 1.807) is 28.4 Å². The first-order valence-electron chi connectivity index (χ1n) is 7.62. The molecule has 0 bridgehead atoms. The summed E-state index contributed by atoms with van der Waals surface area (Å²) in [5.41, 5.74) is 3.38. The fraction of sp³-hybridized carbons (Fsp3) is 0.375. The second-order valence-corrected chi connectivity index (χ2v) is 6.79. The molecule has 1 atom stereocenters. The Kier molecular flexibility index (Phi) is 4.59. The highest BCUT2D eigenvalue weighted by atomic mass is 32.1. The zero-order valence-electron chi connectivity index (χ0n) is 13.5. The van der Waals surface area contributed by atoms with Crippen molar-refractivity contribution in [2.24, 2.45) is 0 Å². The monoisotopic (exact) mass is 346 g/mol. The second-order valence-electron chi connectivity index (χ2n) is 5.85. The molecule has 1 amide bonds. The van der Waals surface area contributed by atoms with Crippen LogP contribution in [0.5, 0.6) is 0 Å². The summed E-state index contributed by atoms with van der Waals surface area (Å²) in [5.74, 6) is -0.0137. The summed E-state index contributed by atoms with van der Waals surface area (Å²) in [7, 11) is 1.93. The number of carbonyl (C=O) groups is 1. The lowest BCUT2D eigenvalue weighted by Gasteiger charge is -2.23. The minimum absolute atomic E-state index is 0.00242. The number of thiazole rings is 1. The van der Waals surface area contributed by atoms with Crippen LogP contribution in [0.2, 0.25) is 0 Å². The summed E-state index contributed by atoms with van der Waals surface area (Å²) in [4.78, 5) is 32.3. The van der Waals surface area contributed by atoms with Crippen LogP contribution in [0.4, 0.5) is 11.4 Å². The number of non-ortho nitro benzene ring substituents is 1. The Hall–Kier alpha value is -2.32. The molecule has 1 aromatic heterocycles. The molecule has 0 N–H and O–H groups in total. The van der Waals surface area contributed by atoms with Gasteiger partial charge in [-0.1, -0.05) is 6.07 Å². The summed E-state index contributed by atoms with van der Waals surface area (Å²) in [6.07, 6.45) is 0.704. The lowest BCUT2D eigenvalue weighted by atomic mass is 10.2. The van der Waals surface area contributed by atoms with Crippen molar-refractivity contribution in [1.29, 1.82) is 0 Å². The molecule has 1 fully saturated rings. The van der Waals surface area contributed by atoms with E-state index in [1.165, 1.54) is 12.1 Å². The molecule has 8 heteroatoms. The third kappa shape index (κ3) is 3.15. The van der Waals surface area contributed by atoms with Gasteiger partial charge in [0.05, 0.1) is 27.9 Å². The molecule has 0 aliphatic carbocycles. The molecule has 3 rings (SSSR count). The Morgan fingerprint density at radius 2 is 2.29 bits per heavy atom. The van der Waals surface area contributed by atoms with Gasteiger partial charge in [0.2, 0.25) is 5.91 Å². The summed E-state index contributed by atoms with van der Waals surface area (Å²) in [6.45, 7) is 3.21. The van der Waals surface area contributed by atoms with Crippen molar-refractivity contribution in [3.8, 4) is 0 Å². The Bertz CT molecular complexity index is 776. The van der Waals surface area contributed by atoms with Gasteiger partial charge in [0.25, 0.3) is 5.69 Å². The molecule has 7 nitrogen and oxygen atoms in total. The number of likely N-dealkylation sites (N-methyl/N-ethyl adjacent to an activating group) is 1. The van der Waals surface area contributed by atoms with E-state index in [4.69, 9.17) is 0 Å². The van der Waals surface area contributed by atoms with Crippen molar-refractivity contribution >= 4 is 28.6 Å². The van der Waals surface area contributed by atoms with Crippen LogP contribution in [0.1, 0.15) is 17.0 Å². The molecular weight excluding hydrogens is 328 g/mol. The van der Waals surface area contributed by atoms with E-state index >= 15 is 0 Å². The van der Waals surface area contributed by atoms with Crippen molar-refractivity contribution < 1.29 is 9.72 Å². The van der Waals surface area contributed by atoms with Gasteiger partial charge in [-0.25, -0.2) is 4.98 Å². The van der Waals surface area contributed by atoms with Crippen LogP contribution < -0.4 is 4.90 Å². The molecule has 1 aliphatic rings. The molecule has 24 heavy (non-hydrogen) atoms. The molecule has 1 aromatic carbocycles. The van der Waals surface area contributed by atoms with Crippen molar-refractivity contribution in [2.75, 3.05) is 18.5 Å². The topological polar surface area (TPSA) is 79.6 Å². The number of hydrogen-bond donors (Lipinski definition) is 0. The standard InChI is InChI=1S/C16H18N4O3S/c1-11-15(24-10-17-11)9-18(2)14-6-7-19(16(14)21)12-4-3-5-13(8-12)20(22)23/h3-5,8,10,14H,6-7,9H2,1-2H3. The minimum Gasteiger partial charge on any atom is -0.311 e. The molecule has 2 aromatic rings. The highest BCUT2D eigenvalue weighted by molar-refractivity contribution is 7.09. The van der Waals surface area contributed by atoms with Gasteiger partial charge in [-0.15, -0.1) is 11.3 Å². The summed E-state index contributed by atoms with van der Waals surface area (Å²) in [5, 5.41) is 10.9. The zero-order chi connectivity index (χ0) is 17.3. The van der Waals surface area contributed by atoms with Crippen LogP contribution in [0.3, 0.4) is 0 Å². The molecule has 0 radical (unpaired) electrons. The van der Waals surface area contributed by atoms with E-state index in [9.17, 15) is 14.9 Å². The molecular formula is C16H18N4O3S. The SMILES string of the molecule is Cc1ncsc1CN(C)C1CCN(c2cccc([N+](=O)[O-])c2)C1=O. The third-order valence-electron chi connectivity index (χ3n) is 4.30. The van der Waals surface area contributed by atoms with Crippen molar-refractivity contribution in [1.82, 2.24) is 9.88 Å². The van der Waals surface area contributed by atoms with Gasteiger partial charge in [0, 0.05) is 30.1 Å². The van der Waals surface area contributed by atoms with Gasteiger partial charge < -0.3 is 4.90 Å². The Labute approximate surface area is 143 Å². The average molecular weight is 346 g/mol. The van der Waals surface area contributed by atoms with Gasteiger partial charge in [0.1, 0.15) is 0 Å². The van der Waals surface area contributed by atoms with Crippen LogP contribution in [-0.4, -0.2) is 40.3 Å². The quantitative estimate of drug-likeness (QED) is 0.614. The maximum absolute atomic E-state index is 12.7. The van der Waals surface area contributed by atoms with Gasteiger partial charge >= 0.3 is 0 Å². The van der Waals surface area contributed by atoms with E-state index < -0.39 is 4.92 Å². The number of rotatable bonds is 5. The van der Waals surface area contributed by atoms with Gasteiger partial charge in [-0.2, -0.15) is 0 Å². The number of amides is 1. The smallest absolute Gasteiger partial charge is 0.271 e. The molecule has 1 saturated heterocycles. The maximum Gasteiger partial charge on any atom is 0.271 e. The summed E-state index contributed by atoms with van der Waals surface area (Å²) >= 11 is 1.59. The fourth-order valence-electron chi connectivity index (χ4n) is 2.92. The lowest BCUT2D eigenvalue weighted by molar-refractivity contribution is -0.384. The predicted octanol–water partition coefficient (Wildman–Crippen LogP) is 2.60. The number of hydrogen-bond acceptors (Lipinski definition) is 6. The molecule has 1 aliphatic heterocycles. The van der Waals surface area contributed by atoms with E-state index in [2.05, 4.69) is 4.98 Å². The van der Waals surface area contributed by atoms with E-state index in [0.29, 0.717) is 25.2 Å². The van der Waals surface area contributed by atoms with Crippen LogP contribution in [0.15, 0.2) is 29.8 Å². The van der Waals surface area contributed by atoms with E-state index in [0.717, 1.165) is 10.6 Å². The third-order valence-corrected chi connectivity index (χ3v) is 5.22. The predicted molar refractivity (Wildman–Crippen MR) is 92.2 cm³/mol. The van der Waals surface area contributed by atoms with Gasteiger partial charge in [0.15, 0.2) is 0 Å². The molecule has 0 saturated carbocycles. The van der Waals surface area contributed by atoms with E-state index in [1.807, 2.05) is 24.4 Å². The van der Waals surface area contributed by atoms with Crippen molar-refractivity contribution in [2.45, 2.75) is 25.9 Å². The molecule has 126 valence electrons. The molecule has 0 spiro atoms. The first-order valence-corrected chi connectivity index (χ1v) is 8.50. The number of carbonyl (C=O) groups excluding carboxylic acids is 1. The Morgan fingerprint density at radius 1 is 1.50 bits per heavy atom. The van der Waals surface area contributed by atoms with Crippen LogP contribution in [-0.2, 0) is 11.3 Å². The molecule has 2 heterocycles. The van der Waals surface area contributed by atoms with E-state index in [-0.39, 0.29) is 17.6 Å². The lowest BCUT2D eigenvalue weighted by Crippen LogP contribution is -2.39. The average Bonchev–Trinajstić information content (AvgIpc) is 3.13. The number of aryl methyl sites for hydroxylation is 1. The summed E-state index contributed by atoms with van der Waals surface area (Å²) in [6, 6.07) is 6.01. The zero-order valence-corrected chi connectivity index (χ0v) is 14.3. The highest BCUT2D eigenvalue weighted by Crippen LogP contribution is 2.28. The largest absolute Gasteiger partial charge is 0.311 e. The number of nitrogens with zero attached hydrogens (tertiary/aromatic N) is 4. The number of nitro benzene ring substituents is 1. The summed E-state index contributed by atoms with van der Waals surface area (Å²) < 4.78 is 0. The number of aromatic nitrogens is 1. The Balaban J connectivity index is 1.74. The number of nitro groups is 1. The van der Waals surface area contributed by atoms with Crippen molar-refractivity contribution in [3.05, 3.63) is 50.5 Å². The van der Waals surface area contributed by atoms with Crippen LogP contribution in [0.25, 0.3) is 0 Å². The first-order chi connectivity index (χ1) is 11.5. The fourth-order valence-corrected chi connectivity index (χ4v) is 3.76. The van der Waals surface area contributed by atoms with Crippen molar-refractivity contribution in [3.63, 3.8) is 0 Å². The second kappa shape index (κ2) is 6.66. The molecule has 1 unspecified atom stereocenters. The van der Waals surface area contributed by atoms with Crippen LogP contribution >= 0.6 is 11.3 Å². The highest BCUT2D eigenvalue weighted by Gasteiger charge is 2.35. The number of anilines is 1. The maximum atomic E-state index is 12.7.